The molecule has 1 saturated heterocycles. The van der Waals surface area contributed by atoms with Gasteiger partial charge < -0.3 is 9.64 Å². The van der Waals surface area contributed by atoms with Gasteiger partial charge in [0.05, 0.1) is 6.61 Å². The average Bonchev–Trinajstić information content (AvgIpc) is 2.39. The van der Waals surface area contributed by atoms with Gasteiger partial charge in [-0.25, -0.2) is 4.98 Å². The first kappa shape index (κ1) is 13.3. The van der Waals surface area contributed by atoms with Crippen molar-refractivity contribution >= 4 is 17.5 Å². The first-order valence-electron chi connectivity index (χ1n) is 6.12. The summed E-state index contributed by atoms with van der Waals surface area (Å²) in [5.41, 5.74) is 0.390. The smallest absolute Gasteiger partial charge is 0.272 e. The van der Waals surface area contributed by atoms with Crippen molar-refractivity contribution in [3.05, 3.63) is 29.0 Å². The number of pyridine rings is 1. The highest BCUT2D eigenvalue weighted by atomic mass is 35.5. The standard InChI is InChI=1S/C13H17ClN2O2/c1-16(8-10-4-3-7-18-9-10)13(17)11-5-2-6-12(14)15-11/h2,5-6,10H,3-4,7-9H2,1H3. The van der Waals surface area contributed by atoms with Crippen LogP contribution in [0.25, 0.3) is 0 Å². The molecule has 1 aliphatic rings. The molecule has 2 heterocycles. The van der Waals surface area contributed by atoms with Gasteiger partial charge in [-0.2, -0.15) is 0 Å². The molecule has 0 bridgehead atoms. The summed E-state index contributed by atoms with van der Waals surface area (Å²) >= 11 is 5.78. The number of halogens is 1. The zero-order chi connectivity index (χ0) is 13.0. The lowest BCUT2D eigenvalue weighted by Gasteiger charge is -2.26. The van der Waals surface area contributed by atoms with E-state index in [1.165, 1.54) is 0 Å². The number of ether oxygens (including phenoxy) is 1. The monoisotopic (exact) mass is 268 g/mol. The summed E-state index contributed by atoms with van der Waals surface area (Å²) < 4.78 is 5.41. The number of nitrogens with zero attached hydrogens (tertiary/aromatic N) is 2. The Morgan fingerprint density at radius 3 is 3.11 bits per heavy atom. The SMILES string of the molecule is CN(CC1CCCOC1)C(=O)c1cccc(Cl)n1. The Kier molecular flexibility index (Phi) is 4.55. The van der Waals surface area contributed by atoms with Crippen LogP contribution in [0.1, 0.15) is 23.3 Å². The van der Waals surface area contributed by atoms with Crippen molar-refractivity contribution in [3.8, 4) is 0 Å². The predicted octanol–water partition coefficient (Wildman–Crippen LogP) is 2.23. The third-order valence-electron chi connectivity index (χ3n) is 3.07. The van der Waals surface area contributed by atoms with Crippen LogP contribution in [0.5, 0.6) is 0 Å². The van der Waals surface area contributed by atoms with E-state index in [2.05, 4.69) is 4.98 Å². The van der Waals surface area contributed by atoms with E-state index in [0.717, 1.165) is 26.1 Å². The van der Waals surface area contributed by atoms with Crippen molar-refractivity contribution in [2.24, 2.45) is 5.92 Å². The molecule has 1 aliphatic heterocycles. The summed E-state index contributed by atoms with van der Waals surface area (Å²) in [6.07, 6.45) is 2.18. The van der Waals surface area contributed by atoms with E-state index >= 15 is 0 Å². The van der Waals surface area contributed by atoms with Crippen molar-refractivity contribution < 1.29 is 9.53 Å². The lowest BCUT2D eigenvalue weighted by molar-refractivity contribution is 0.0387. The van der Waals surface area contributed by atoms with Crippen LogP contribution in [0.2, 0.25) is 5.15 Å². The van der Waals surface area contributed by atoms with Crippen molar-refractivity contribution in [2.75, 3.05) is 26.8 Å². The molecule has 1 aromatic heterocycles. The summed E-state index contributed by atoms with van der Waals surface area (Å²) in [6, 6.07) is 5.08. The fourth-order valence-corrected chi connectivity index (χ4v) is 2.31. The van der Waals surface area contributed by atoms with E-state index in [9.17, 15) is 4.79 Å². The van der Waals surface area contributed by atoms with Crippen LogP contribution >= 0.6 is 11.6 Å². The Balaban J connectivity index is 1.95. The van der Waals surface area contributed by atoms with Crippen LogP contribution < -0.4 is 0 Å². The quantitative estimate of drug-likeness (QED) is 0.790. The number of hydrogen-bond acceptors (Lipinski definition) is 3. The van der Waals surface area contributed by atoms with Crippen molar-refractivity contribution in [3.63, 3.8) is 0 Å². The molecule has 0 aromatic carbocycles. The average molecular weight is 269 g/mol. The number of amides is 1. The number of rotatable bonds is 3. The van der Waals surface area contributed by atoms with Crippen LogP contribution in [0.4, 0.5) is 0 Å². The molecule has 0 radical (unpaired) electrons. The summed E-state index contributed by atoms with van der Waals surface area (Å²) in [5.74, 6) is 0.329. The van der Waals surface area contributed by atoms with Gasteiger partial charge in [-0.15, -0.1) is 0 Å². The third kappa shape index (κ3) is 3.43. The number of carbonyl (C=O) groups excluding carboxylic acids is 1. The molecular formula is C13H17ClN2O2. The van der Waals surface area contributed by atoms with Crippen LogP contribution in [0.3, 0.4) is 0 Å². The van der Waals surface area contributed by atoms with Crippen molar-refractivity contribution in [1.82, 2.24) is 9.88 Å². The summed E-state index contributed by atoms with van der Waals surface area (Å²) in [4.78, 5) is 17.9. The first-order valence-corrected chi connectivity index (χ1v) is 6.50. The molecule has 1 fully saturated rings. The molecule has 0 N–H and O–H groups in total. The molecule has 98 valence electrons. The van der Waals surface area contributed by atoms with Gasteiger partial charge in [0.25, 0.3) is 5.91 Å². The lowest BCUT2D eigenvalue weighted by atomic mass is 10.0. The fraction of sp³-hybridized carbons (Fsp3) is 0.538. The Morgan fingerprint density at radius 1 is 1.61 bits per heavy atom. The maximum absolute atomic E-state index is 12.1. The molecule has 0 aliphatic carbocycles. The van der Waals surface area contributed by atoms with E-state index in [1.807, 2.05) is 0 Å². The Hall–Kier alpha value is -1.13. The highest BCUT2D eigenvalue weighted by Crippen LogP contribution is 2.15. The molecule has 0 saturated carbocycles. The second-order valence-electron chi connectivity index (χ2n) is 4.61. The molecule has 5 heteroatoms. The highest BCUT2D eigenvalue weighted by molar-refractivity contribution is 6.29. The molecule has 1 aromatic rings. The fourth-order valence-electron chi connectivity index (χ4n) is 2.14. The van der Waals surface area contributed by atoms with Gasteiger partial charge in [0.2, 0.25) is 0 Å². The third-order valence-corrected chi connectivity index (χ3v) is 3.28. The molecule has 1 amide bonds. The van der Waals surface area contributed by atoms with Crippen LogP contribution in [-0.2, 0) is 4.74 Å². The Morgan fingerprint density at radius 2 is 2.44 bits per heavy atom. The summed E-state index contributed by atoms with van der Waals surface area (Å²) in [5, 5.41) is 0.343. The minimum absolute atomic E-state index is 0.0944. The minimum Gasteiger partial charge on any atom is -0.381 e. The largest absolute Gasteiger partial charge is 0.381 e. The maximum Gasteiger partial charge on any atom is 0.272 e. The van der Waals surface area contributed by atoms with Gasteiger partial charge in [-0.05, 0) is 30.9 Å². The van der Waals surface area contributed by atoms with E-state index in [-0.39, 0.29) is 5.91 Å². The topological polar surface area (TPSA) is 42.4 Å². The van der Waals surface area contributed by atoms with E-state index in [4.69, 9.17) is 16.3 Å². The number of hydrogen-bond donors (Lipinski definition) is 0. The Bertz CT molecular complexity index is 419. The predicted molar refractivity (Wildman–Crippen MR) is 69.8 cm³/mol. The van der Waals surface area contributed by atoms with Crippen LogP contribution in [0, 0.1) is 5.92 Å². The zero-order valence-corrected chi connectivity index (χ0v) is 11.2. The van der Waals surface area contributed by atoms with Crippen molar-refractivity contribution in [1.29, 1.82) is 0 Å². The molecule has 1 unspecified atom stereocenters. The molecule has 4 nitrogen and oxygen atoms in total. The lowest BCUT2D eigenvalue weighted by Crippen LogP contribution is -2.35. The number of aromatic nitrogens is 1. The minimum atomic E-state index is -0.0944. The van der Waals surface area contributed by atoms with Gasteiger partial charge in [0.15, 0.2) is 0 Å². The van der Waals surface area contributed by atoms with Gasteiger partial charge in [-0.1, -0.05) is 17.7 Å². The summed E-state index contributed by atoms with van der Waals surface area (Å²) in [6.45, 7) is 2.28. The summed E-state index contributed by atoms with van der Waals surface area (Å²) in [7, 11) is 1.79. The van der Waals surface area contributed by atoms with Gasteiger partial charge in [-0.3, -0.25) is 4.79 Å². The van der Waals surface area contributed by atoms with E-state index < -0.39 is 0 Å². The Labute approximate surface area is 112 Å². The normalized spacial score (nSPS) is 19.6. The highest BCUT2D eigenvalue weighted by Gasteiger charge is 2.20. The molecular weight excluding hydrogens is 252 g/mol. The van der Waals surface area contributed by atoms with E-state index in [0.29, 0.717) is 23.3 Å². The van der Waals surface area contributed by atoms with E-state index in [1.54, 1.807) is 30.1 Å². The molecule has 18 heavy (non-hydrogen) atoms. The zero-order valence-electron chi connectivity index (χ0n) is 10.4. The number of carbonyl (C=O) groups is 1. The van der Waals surface area contributed by atoms with Gasteiger partial charge >= 0.3 is 0 Å². The van der Waals surface area contributed by atoms with Gasteiger partial charge in [0.1, 0.15) is 10.8 Å². The van der Waals surface area contributed by atoms with Crippen LogP contribution in [-0.4, -0.2) is 42.6 Å². The van der Waals surface area contributed by atoms with Crippen molar-refractivity contribution in [2.45, 2.75) is 12.8 Å². The maximum atomic E-state index is 12.1. The molecule has 0 spiro atoms. The molecule has 2 rings (SSSR count). The molecule has 1 atom stereocenters. The van der Waals surface area contributed by atoms with Gasteiger partial charge in [0, 0.05) is 20.2 Å². The first-order chi connectivity index (χ1) is 8.66. The van der Waals surface area contributed by atoms with Crippen LogP contribution in [0.15, 0.2) is 18.2 Å². The second-order valence-corrected chi connectivity index (χ2v) is 5.00. The second kappa shape index (κ2) is 6.16.